The number of rotatable bonds is 3. The van der Waals surface area contributed by atoms with Crippen molar-refractivity contribution < 1.29 is 19.1 Å². The minimum absolute atomic E-state index is 0.0867. The van der Waals surface area contributed by atoms with E-state index in [9.17, 15) is 9.59 Å². The lowest BCUT2D eigenvalue weighted by Crippen LogP contribution is -2.37. The highest BCUT2D eigenvalue weighted by Gasteiger charge is 2.22. The molecule has 1 aliphatic rings. The molecule has 0 N–H and O–H groups in total. The van der Waals surface area contributed by atoms with Gasteiger partial charge in [-0.15, -0.1) is 0 Å². The normalized spacial score (nSPS) is 15.1. The lowest BCUT2D eigenvalue weighted by atomic mass is 9.98. The Bertz CT molecular complexity index is 859. The molecule has 0 bridgehead atoms. The zero-order valence-electron chi connectivity index (χ0n) is 17.6. The van der Waals surface area contributed by atoms with Crippen molar-refractivity contribution in [2.45, 2.75) is 46.1 Å². The molecule has 0 spiro atoms. The van der Waals surface area contributed by atoms with Gasteiger partial charge in [0, 0.05) is 18.7 Å². The summed E-state index contributed by atoms with van der Waals surface area (Å²) in [5.41, 5.74) is 2.00. The molecule has 1 amide bonds. The molecule has 0 unspecified atom stereocenters. The standard InChI is InChI=1S/C24H29NO4/c1-17-12-14-25(15-13-17)22(26)20-7-5-6-19(16-20)18-8-10-21(11-9-18)28-23(27)29-24(2,3)4/h5-11,16-17H,12-15H2,1-4H3. The minimum Gasteiger partial charge on any atom is -0.428 e. The molecule has 2 aromatic carbocycles. The molecule has 29 heavy (non-hydrogen) atoms. The molecule has 1 fully saturated rings. The van der Waals surface area contributed by atoms with Crippen LogP contribution in [0.3, 0.4) is 0 Å². The summed E-state index contributed by atoms with van der Waals surface area (Å²) in [5.74, 6) is 1.19. The van der Waals surface area contributed by atoms with Crippen LogP contribution in [0.4, 0.5) is 4.79 Å². The summed E-state index contributed by atoms with van der Waals surface area (Å²) in [4.78, 5) is 26.6. The van der Waals surface area contributed by atoms with E-state index in [0.29, 0.717) is 17.2 Å². The minimum atomic E-state index is -0.728. The molecule has 154 valence electrons. The SMILES string of the molecule is CC1CCN(C(=O)c2cccc(-c3ccc(OC(=O)OC(C)(C)C)cc3)c2)CC1. The summed E-state index contributed by atoms with van der Waals surface area (Å²) in [6, 6.07) is 14.8. The lowest BCUT2D eigenvalue weighted by molar-refractivity contribution is 0.0206. The van der Waals surface area contributed by atoms with E-state index in [1.165, 1.54) is 0 Å². The highest BCUT2D eigenvalue weighted by molar-refractivity contribution is 5.95. The van der Waals surface area contributed by atoms with Gasteiger partial charge < -0.3 is 14.4 Å². The number of nitrogens with zero attached hydrogens (tertiary/aromatic N) is 1. The Morgan fingerprint density at radius 2 is 1.62 bits per heavy atom. The summed E-state index contributed by atoms with van der Waals surface area (Å²) in [6.45, 7) is 9.24. The van der Waals surface area contributed by atoms with Crippen LogP contribution in [0.1, 0.15) is 50.9 Å². The van der Waals surface area contributed by atoms with Crippen molar-refractivity contribution in [3.8, 4) is 16.9 Å². The molecule has 0 aromatic heterocycles. The maximum absolute atomic E-state index is 12.8. The van der Waals surface area contributed by atoms with Gasteiger partial charge in [-0.05, 0) is 74.9 Å². The Morgan fingerprint density at radius 3 is 2.24 bits per heavy atom. The third kappa shape index (κ3) is 5.83. The van der Waals surface area contributed by atoms with E-state index in [0.717, 1.165) is 37.1 Å². The smallest absolute Gasteiger partial charge is 0.428 e. The monoisotopic (exact) mass is 395 g/mol. The van der Waals surface area contributed by atoms with Crippen molar-refractivity contribution in [2.24, 2.45) is 5.92 Å². The predicted molar refractivity (Wildman–Crippen MR) is 113 cm³/mol. The highest BCUT2D eigenvalue weighted by atomic mass is 16.7. The Morgan fingerprint density at radius 1 is 0.966 bits per heavy atom. The molecule has 0 aliphatic carbocycles. The van der Waals surface area contributed by atoms with Gasteiger partial charge in [0.2, 0.25) is 0 Å². The fourth-order valence-electron chi connectivity index (χ4n) is 3.31. The molecule has 0 radical (unpaired) electrons. The number of hydrogen-bond acceptors (Lipinski definition) is 4. The van der Waals surface area contributed by atoms with Crippen LogP contribution in [0, 0.1) is 5.92 Å². The summed E-state index contributed by atoms with van der Waals surface area (Å²) >= 11 is 0. The molecule has 5 heteroatoms. The number of hydrogen-bond donors (Lipinski definition) is 0. The van der Waals surface area contributed by atoms with E-state index in [-0.39, 0.29) is 5.91 Å². The van der Waals surface area contributed by atoms with Crippen molar-refractivity contribution in [3.63, 3.8) is 0 Å². The summed E-state index contributed by atoms with van der Waals surface area (Å²) < 4.78 is 10.4. The zero-order valence-corrected chi connectivity index (χ0v) is 17.6. The Kier molecular flexibility index (Phi) is 6.26. The Hall–Kier alpha value is -2.82. The molecule has 3 rings (SSSR count). The van der Waals surface area contributed by atoms with E-state index >= 15 is 0 Å². The molecule has 1 saturated heterocycles. The second-order valence-electron chi connectivity index (χ2n) is 8.65. The van der Waals surface area contributed by atoms with E-state index in [1.54, 1.807) is 32.9 Å². The Balaban J connectivity index is 1.69. The number of amides is 1. The first-order valence-corrected chi connectivity index (χ1v) is 10.1. The van der Waals surface area contributed by atoms with Gasteiger partial charge >= 0.3 is 6.16 Å². The highest BCUT2D eigenvalue weighted by Crippen LogP contribution is 2.25. The Labute approximate surface area is 172 Å². The van der Waals surface area contributed by atoms with Crippen LogP contribution in [0.2, 0.25) is 0 Å². The number of likely N-dealkylation sites (tertiary alicyclic amines) is 1. The van der Waals surface area contributed by atoms with Crippen LogP contribution in [0.5, 0.6) is 5.75 Å². The van der Waals surface area contributed by atoms with Crippen LogP contribution in [-0.4, -0.2) is 35.7 Å². The first kappa shape index (κ1) is 20.9. The van der Waals surface area contributed by atoms with Crippen LogP contribution in [-0.2, 0) is 4.74 Å². The van der Waals surface area contributed by atoms with Gasteiger partial charge in [-0.25, -0.2) is 4.79 Å². The largest absolute Gasteiger partial charge is 0.514 e. The van der Waals surface area contributed by atoms with Crippen molar-refractivity contribution >= 4 is 12.1 Å². The number of ether oxygens (including phenoxy) is 2. The average molecular weight is 395 g/mol. The van der Waals surface area contributed by atoms with Crippen molar-refractivity contribution in [1.82, 2.24) is 4.90 Å². The van der Waals surface area contributed by atoms with Crippen LogP contribution in [0.25, 0.3) is 11.1 Å². The topological polar surface area (TPSA) is 55.8 Å². The van der Waals surface area contributed by atoms with Crippen LogP contribution < -0.4 is 4.74 Å². The van der Waals surface area contributed by atoms with Gasteiger partial charge in [-0.2, -0.15) is 0 Å². The predicted octanol–water partition coefficient (Wildman–Crippen LogP) is 5.54. The van der Waals surface area contributed by atoms with Crippen molar-refractivity contribution in [1.29, 1.82) is 0 Å². The summed E-state index contributed by atoms with van der Waals surface area (Å²) in [5, 5.41) is 0. The molecule has 1 heterocycles. The lowest BCUT2D eigenvalue weighted by Gasteiger charge is -2.30. The van der Waals surface area contributed by atoms with Gasteiger partial charge in [-0.1, -0.05) is 31.2 Å². The second-order valence-corrected chi connectivity index (χ2v) is 8.65. The van der Waals surface area contributed by atoms with Gasteiger partial charge in [0.15, 0.2) is 0 Å². The second kappa shape index (κ2) is 8.68. The van der Waals surface area contributed by atoms with Gasteiger partial charge in [0.05, 0.1) is 0 Å². The van der Waals surface area contributed by atoms with Crippen LogP contribution in [0.15, 0.2) is 48.5 Å². The molecular weight excluding hydrogens is 366 g/mol. The zero-order chi connectivity index (χ0) is 21.0. The molecule has 0 saturated carbocycles. The van der Waals surface area contributed by atoms with Crippen LogP contribution >= 0.6 is 0 Å². The van der Waals surface area contributed by atoms with E-state index in [2.05, 4.69) is 6.92 Å². The third-order valence-electron chi connectivity index (χ3n) is 4.96. The van der Waals surface area contributed by atoms with Gasteiger partial charge in [-0.3, -0.25) is 4.79 Å². The van der Waals surface area contributed by atoms with Gasteiger partial charge in [0.25, 0.3) is 5.91 Å². The van der Waals surface area contributed by atoms with E-state index < -0.39 is 11.8 Å². The quantitative estimate of drug-likeness (QED) is 0.506. The summed E-state index contributed by atoms with van der Waals surface area (Å²) in [7, 11) is 0. The van der Waals surface area contributed by atoms with Gasteiger partial charge in [0.1, 0.15) is 11.4 Å². The molecule has 2 aromatic rings. The first-order chi connectivity index (χ1) is 13.7. The summed E-state index contributed by atoms with van der Waals surface area (Å²) in [6.07, 6.45) is 1.39. The third-order valence-corrected chi connectivity index (χ3v) is 4.96. The maximum atomic E-state index is 12.8. The number of carbonyl (C=O) groups excluding carboxylic acids is 2. The van der Waals surface area contributed by atoms with Crippen molar-refractivity contribution in [2.75, 3.05) is 13.1 Å². The number of carbonyl (C=O) groups is 2. The average Bonchev–Trinajstić information content (AvgIpc) is 2.67. The maximum Gasteiger partial charge on any atom is 0.514 e. The molecule has 1 aliphatic heterocycles. The fourth-order valence-corrected chi connectivity index (χ4v) is 3.31. The van der Waals surface area contributed by atoms with E-state index in [1.807, 2.05) is 41.3 Å². The molecular formula is C24H29NO4. The number of piperidine rings is 1. The molecule has 5 nitrogen and oxygen atoms in total. The molecule has 0 atom stereocenters. The first-order valence-electron chi connectivity index (χ1n) is 10.1. The fraction of sp³-hybridized carbons (Fsp3) is 0.417. The number of benzene rings is 2. The van der Waals surface area contributed by atoms with Crippen molar-refractivity contribution in [3.05, 3.63) is 54.1 Å². The van der Waals surface area contributed by atoms with E-state index in [4.69, 9.17) is 9.47 Å².